The van der Waals surface area contributed by atoms with E-state index in [2.05, 4.69) is 0 Å². The zero-order valence-corrected chi connectivity index (χ0v) is 19.4. The maximum atomic E-state index is 15.1. The lowest BCUT2D eigenvalue weighted by Crippen LogP contribution is -2.60. The number of carbonyl (C=O) groups is 1. The molecule has 0 aromatic heterocycles. The van der Waals surface area contributed by atoms with Gasteiger partial charge in [0.2, 0.25) is 0 Å². The van der Waals surface area contributed by atoms with Crippen LogP contribution in [0.4, 0.5) is 8.78 Å². The van der Waals surface area contributed by atoms with Crippen LogP contribution in [0.15, 0.2) is 65.0 Å². The van der Waals surface area contributed by atoms with Crippen molar-refractivity contribution in [1.82, 2.24) is 10.0 Å². The van der Waals surface area contributed by atoms with Crippen LogP contribution in [0.5, 0.6) is 0 Å². The number of nitrogens with zero attached hydrogens (tertiary/aromatic N) is 2. The second-order valence-electron chi connectivity index (χ2n) is 9.31. The maximum Gasteiger partial charge on any atom is 0.192 e. The Bertz CT molecular complexity index is 1270. The van der Waals surface area contributed by atoms with Crippen molar-refractivity contribution in [2.24, 2.45) is 5.41 Å². The molecule has 0 radical (unpaired) electrons. The normalized spacial score (nSPS) is 27.4. The molecule has 176 valence electrons. The van der Waals surface area contributed by atoms with Crippen molar-refractivity contribution in [3.05, 3.63) is 88.5 Å². The summed E-state index contributed by atoms with van der Waals surface area (Å²) in [6.07, 6.45) is 3.78. The van der Waals surface area contributed by atoms with Gasteiger partial charge in [-0.1, -0.05) is 31.2 Å². The van der Waals surface area contributed by atoms with Crippen molar-refractivity contribution in [2.75, 3.05) is 0 Å². The van der Waals surface area contributed by atoms with Crippen molar-refractivity contribution in [2.45, 2.75) is 55.0 Å². The molecule has 0 bridgehead atoms. The van der Waals surface area contributed by atoms with Crippen molar-refractivity contribution in [3.63, 3.8) is 0 Å². The molecule has 6 rings (SSSR count). The topological polar surface area (TPSA) is 64.0 Å². The van der Waals surface area contributed by atoms with E-state index in [0.717, 1.165) is 16.5 Å². The highest BCUT2D eigenvalue weighted by atomic mass is 32.2. The van der Waals surface area contributed by atoms with Gasteiger partial charge in [0.25, 0.3) is 0 Å². The van der Waals surface area contributed by atoms with E-state index in [1.54, 1.807) is 17.3 Å². The lowest BCUT2D eigenvalue weighted by molar-refractivity contribution is -0.146. The first kappa shape index (κ1) is 21.8. The van der Waals surface area contributed by atoms with E-state index >= 15 is 4.39 Å². The number of aliphatic hydroxyl groups excluding tert-OH is 2. The minimum atomic E-state index is -1.26. The number of halogens is 2. The van der Waals surface area contributed by atoms with Gasteiger partial charge in [0.15, 0.2) is 23.2 Å². The van der Waals surface area contributed by atoms with E-state index in [4.69, 9.17) is 0 Å². The van der Waals surface area contributed by atoms with Gasteiger partial charge in [-0.2, -0.15) is 0 Å². The average molecular weight is 483 g/mol. The number of thioether (sulfide) groups is 1. The van der Waals surface area contributed by atoms with Crippen molar-refractivity contribution in [3.8, 4) is 0 Å². The van der Waals surface area contributed by atoms with Crippen LogP contribution in [0.3, 0.4) is 0 Å². The number of hydrogen-bond donors (Lipinski definition) is 2. The first-order valence-corrected chi connectivity index (χ1v) is 12.5. The molecular weight excluding hydrogens is 458 g/mol. The van der Waals surface area contributed by atoms with Gasteiger partial charge in [0.05, 0.1) is 11.5 Å². The van der Waals surface area contributed by atoms with Crippen LogP contribution in [0.2, 0.25) is 0 Å². The van der Waals surface area contributed by atoms with Gasteiger partial charge in [-0.3, -0.25) is 9.80 Å². The van der Waals surface area contributed by atoms with Crippen molar-refractivity contribution < 1.29 is 23.8 Å². The Kier molecular flexibility index (Phi) is 4.92. The number of hydrogen-bond acceptors (Lipinski definition) is 6. The molecular formula is C26H24F2N2O3S. The molecule has 3 heterocycles. The first-order chi connectivity index (χ1) is 16.4. The highest BCUT2D eigenvalue weighted by molar-refractivity contribution is 7.98. The van der Waals surface area contributed by atoms with E-state index in [9.17, 15) is 19.4 Å². The first-order valence-electron chi connectivity index (χ1n) is 11.5. The van der Waals surface area contributed by atoms with Crippen LogP contribution in [0.25, 0.3) is 0 Å². The van der Waals surface area contributed by atoms with Crippen LogP contribution in [0, 0.1) is 17.0 Å². The molecule has 1 saturated carbocycles. The molecule has 2 aromatic carbocycles. The predicted molar refractivity (Wildman–Crippen MR) is 123 cm³/mol. The Labute approximate surface area is 200 Å². The molecule has 0 amide bonds. The smallest absolute Gasteiger partial charge is 0.192 e. The molecule has 2 N–H and O–H groups in total. The molecule has 3 unspecified atom stereocenters. The highest BCUT2D eigenvalue weighted by Gasteiger charge is 2.64. The third-order valence-corrected chi connectivity index (χ3v) is 8.70. The third kappa shape index (κ3) is 2.88. The molecule has 34 heavy (non-hydrogen) atoms. The summed E-state index contributed by atoms with van der Waals surface area (Å²) in [5.74, 6) is -2.00. The third-order valence-electron chi connectivity index (χ3n) is 7.59. The number of ketones is 1. The zero-order valence-electron chi connectivity index (χ0n) is 18.5. The van der Waals surface area contributed by atoms with Gasteiger partial charge in [0.1, 0.15) is 11.8 Å². The van der Waals surface area contributed by atoms with E-state index in [-0.39, 0.29) is 29.0 Å². The fourth-order valence-corrected chi connectivity index (χ4v) is 6.93. The highest BCUT2D eigenvalue weighted by Crippen LogP contribution is 2.60. The second kappa shape index (κ2) is 7.66. The zero-order chi connectivity index (χ0) is 23.8. The van der Waals surface area contributed by atoms with Crippen LogP contribution in [0.1, 0.15) is 48.9 Å². The summed E-state index contributed by atoms with van der Waals surface area (Å²) < 4.78 is 29.4. The van der Waals surface area contributed by atoms with Crippen LogP contribution in [-0.2, 0) is 10.5 Å². The van der Waals surface area contributed by atoms with Crippen LogP contribution >= 0.6 is 11.8 Å². The molecule has 1 aliphatic carbocycles. The summed E-state index contributed by atoms with van der Waals surface area (Å²) in [7, 11) is 0. The quantitative estimate of drug-likeness (QED) is 0.630. The minimum Gasteiger partial charge on any atom is -0.507 e. The summed E-state index contributed by atoms with van der Waals surface area (Å²) in [6.45, 7) is 2.02. The van der Waals surface area contributed by atoms with E-state index in [1.165, 1.54) is 17.8 Å². The van der Waals surface area contributed by atoms with Gasteiger partial charge in [-0.15, -0.1) is 11.8 Å². The fraction of sp³-hybridized carbons (Fsp3) is 0.346. The van der Waals surface area contributed by atoms with Crippen LogP contribution in [-0.4, -0.2) is 38.2 Å². The van der Waals surface area contributed by atoms with Crippen molar-refractivity contribution >= 4 is 17.5 Å². The lowest BCUT2D eigenvalue weighted by Gasteiger charge is -2.53. The molecule has 1 saturated heterocycles. The largest absolute Gasteiger partial charge is 0.507 e. The molecule has 5 nitrogen and oxygen atoms in total. The second-order valence-corrected chi connectivity index (χ2v) is 10.3. The Morgan fingerprint density at radius 1 is 1.15 bits per heavy atom. The summed E-state index contributed by atoms with van der Waals surface area (Å²) in [6, 6.07) is 9.85. The number of rotatable bonds is 2. The van der Waals surface area contributed by atoms with Crippen molar-refractivity contribution in [1.29, 1.82) is 0 Å². The molecule has 3 aliphatic heterocycles. The van der Waals surface area contributed by atoms with Gasteiger partial charge in [0, 0.05) is 28.5 Å². The minimum absolute atomic E-state index is 0.0655. The van der Waals surface area contributed by atoms with Crippen LogP contribution < -0.4 is 0 Å². The Hall–Kier alpha value is -2.68. The van der Waals surface area contributed by atoms with Gasteiger partial charge < -0.3 is 10.2 Å². The van der Waals surface area contributed by atoms with E-state index in [1.807, 2.05) is 36.2 Å². The summed E-state index contributed by atoms with van der Waals surface area (Å²) in [4.78, 5) is 14.6. The number of aliphatic hydroxyl groups is 2. The lowest BCUT2D eigenvalue weighted by atomic mass is 9.81. The summed E-state index contributed by atoms with van der Waals surface area (Å²) in [5.41, 5.74) is 1.26. The average Bonchev–Trinajstić information content (AvgIpc) is 3.64. The number of fused-ring (bicyclic) bond motifs is 3. The monoisotopic (exact) mass is 482 g/mol. The molecule has 3 atom stereocenters. The Morgan fingerprint density at radius 3 is 2.65 bits per heavy atom. The molecule has 4 aliphatic rings. The maximum absolute atomic E-state index is 15.1. The molecule has 8 heteroatoms. The SMILES string of the molecule is CCC1N(C2c3ccccc3SCc3c2ccc(F)c3F)N2C=CC(O)C(O)=C2C(=O)C12CC2. The Morgan fingerprint density at radius 2 is 1.91 bits per heavy atom. The number of carbonyl (C=O) groups excluding carboxylic acids is 1. The molecule has 2 aromatic rings. The standard InChI is InChI=1S/C26H24F2N2O3S/c1-2-20-26(10-11-26)25(33)23-24(32)18(31)9-12-29(23)30(20)22-14-7-8-17(27)21(28)16(14)13-34-19-6-4-3-5-15(19)22/h3-9,12,18,20,22,31-32H,2,10-11,13H2,1H3. The van der Waals surface area contributed by atoms with E-state index < -0.39 is 29.2 Å². The fourth-order valence-electron chi connectivity index (χ4n) is 5.82. The molecule has 2 fully saturated rings. The number of allylic oxidation sites excluding steroid dienone is 1. The predicted octanol–water partition coefficient (Wildman–Crippen LogP) is 4.98. The van der Waals surface area contributed by atoms with Gasteiger partial charge >= 0.3 is 0 Å². The Balaban J connectivity index is 1.63. The van der Waals surface area contributed by atoms with Gasteiger partial charge in [-0.25, -0.2) is 13.8 Å². The number of Topliss-reactive ketones (excluding diaryl/α,β-unsaturated/α-hetero) is 1. The molecule has 1 spiro atoms. The summed E-state index contributed by atoms with van der Waals surface area (Å²) >= 11 is 1.46. The van der Waals surface area contributed by atoms with Gasteiger partial charge in [-0.05, 0) is 48.6 Å². The number of hydrazine groups is 1. The summed E-state index contributed by atoms with van der Waals surface area (Å²) in [5, 5.41) is 24.7. The number of benzene rings is 2. The van der Waals surface area contributed by atoms with E-state index in [0.29, 0.717) is 30.4 Å².